The number of nitrogens with zero attached hydrogens (tertiary/aromatic N) is 2. The Morgan fingerprint density at radius 3 is 2.54 bits per heavy atom. The molecule has 9 nitrogen and oxygen atoms in total. The molecule has 5 rings (SSSR count). The Bertz CT molecular complexity index is 2050. The van der Waals surface area contributed by atoms with Gasteiger partial charge in [0.25, 0.3) is 5.56 Å². The highest BCUT2D eigenvalue weighted by Gasteiger charge is 2.34. The van der Waals surface area contributed by atoms with E-state index in [0.29, 0.717) is 65.8 Å². The minimum Gasteiger partial charge on any atom is -0.493 e. The van der Waals surface area contributed by atoms with Crippen molar-refractivity contribution >= 4 is 39.3 Å². The first kappa shape index (κ1) is 34.9. The van der Waals surface area contributed by atoms with Crippen molar-refractivity contribution in [3.8, 4) is 23.0 Å². The summed E-state index contributed by atoms with van der Waals surface area (Å²) in [6, 6.07) is 14.3. The van der Waals surface area contributed by atoms with E-state index in [1.807, 2.05) is 32.9 Å². The highest BCUT2D eigenvalue weighted by molar-refractivity contribution is 9.10. The van der Waals surface area contributed by atoms with Gasteiger partial charge in [-0.3, -0.25) is 9.36 Å². The predicted octanol–water partition coefficient (Wildman–Crippen LogP) is 6.47. The minimum absolute atomic E-state index is 0.0861. The van der Waals surface area contributed by atoms with Crippen molar-refractivity contribution in [2.45, 2.75) is 53.4 Å². The van der Waals surface area contributed by atoms with E-state index in [-0.39, 0.29) is 36.3 Å². The zero-order valence-corrected chi connectivity index (χ0v) is 29.9. The van der Waals surface area contributed by atoms with Gasteiger partial charge < -0.3 is 23.7 Å². The lowest BCUT2D eigenvalue weighted by atomic mass is 9.95. The quantitative estimate of drug-likeness (QED) is 0.154. The van der Waals surface area contributed by atoms with Crippen LogP contribution in [0, 0.1) is 5.82 Å². The van der Waals surface area contributed by atoms with Crippen LogP contribution in [0.2, 0.25) is 0 Å². The third kappa shape index (κ3) is 7.50. The third-order valence-corrected chi connectivity index (χ3v) is 8.86. The van der Waals surface area contributed by atoms with Crippen LogP contribution in [0.1, 0.15) is 57.4 Å². The van der Waals surface area contributed by atoms with Gasteiger partial charge in [0.05, 0.1) is 52.7 Å². The molecule has 0 aliphatic carbocycles. The first-order valence-corrected chi connectivity index (χ1v) is 17.0. The molecule has 0 N–H and O–H groups in total. The molecule has 0 spiro atoms. The third-order valence-electron chi connectivity index (χ3n) is 7.28. The number of thiazole rings is 1. The standard InChI is InChI=1S/C36H36BrFN2O7S/c1-7-44-29-16-23(15-26(37)33(29)46-19-22-10-9-11-25(38)14-22)17-30-34(41)40-32(24-12-13-27(47-20(3)4)28(18-24)43-6)31(35(42)45-8-2)21(5)39-36(40)48-30/h9-18,20,32H,7-8,19H2,1-6H3/b30-17-/t32-/m1/s1. The molecule has 0 unspecified atom stereocenters. The lowest BCUT2D eigenvalue weighted by Crippen LogP contribution is -2.40. The molecule has 0 saturated carbocycles. The van der Waals surface area contributed by atoms with Gasteiger partial charge in [-0.05, 0) is 110 Å². The topological polar surface area (TPSA) is 97.6 Å². The van der Waals surface area contributed by atoms with Crippen LogP contribution in [0.5, 0.6) is 23.0 Å². The Balaban J connectivity index is 1.61. The van der Waals surface area contributed by atoms with Crippen molar-refractivity contribution in [1.82, 2.24) is 4.57 Å². The van der Waals surface area contributed by atoms with E-state index < -0.39 is 12.0 Å². The van der Waals surface area contributed by atoms with Crippen LogP contribution < -0.4 is 33.8 Å². The first-order chi connectivity index (χ1) is 23.0. The first-order valence-electron chi connectivity index (χ1n) is 15.4. The van der Waals surface area contributed by atoms with Crippen LogP contribution >= 0.6 is 27.3 Å². The van der Waals surface area contributed by atoms with Crippen molar-refractivity contribution < 1.29 is 32.9 Å². The second-order valence-corrected chi connectivity index (χ2v) is 12.9. The van der Waals surface area contributed by atoms with E-state index in [4.69, 9.17) is 23.7 Å². The van der Waals surface area contributed by atoms with Gasteiger partial charge in [-0.2, -0.15) is 0 Å². The normalized spacial score (nSPS) is 14.4. The molecule has 1 aliphatic heterocycles. The molecule has 48 heavy (non-hydrogen) atoms. The summed E-state index contributed by atoms with van der Waals surface area (Å²) in [5, 5.41) is 0. The van der Waals surface area contributed by atoms with Gasteiger partial charge in [0.15, 0.2) is 27.8 Å². The summed E-state index contributed by atoms with van der Waals surface area (Å²) in [6.07, 6.45) is 1.66. The Morgan fingerprint density at radius 1 is 1.06 bits per heavy atom. The number of halogens is 2. The number of esters is 1. The highest BCUT2D eigenvalue weighted by atomic mass is 79.9. The number of ether oxygens (including phenoxy) is 5. The molecule has 0 amide bonds. The van der Waals surface area contributed by atoms with E-state index in [1.165, 1.54) is 35.1 Å². The number of methoxy groups -OCH3 is 1. The molecule has 1 aliphatic rings. The van der Waals surface area contributed by atoms with Crippen molar-refractivity contribution in [3.05, 3.63) is 113 Å². The number of fused-ring (bicyclic) bond motifs is 1. The number of rotatable bonds is 12. The van der Waals surface area contributed by atoms with E-state index in [0.717, 1.165) is 0 Å². The maximum Gasteiger partial charge on any atom is 0.338 e. The van der Waals surface area contributed by atoms with Crippen LogP contribution in [-0.2, 0) is 16.1 Å². The number of hydrogen-bond acceptors (Lipinski definition) is 9. The maximum atomic E-state index is 14.2. The van der Waals surface area contributed by atoms with E-state index in [1.54, 1.807) is 50.3 Å². The van der Waals surface area contributed by atoms with Crippen LogP contribution in [-0.4, -0.2) is 37.0 Å². The Hall–Kier alpha value is -4.42. The number of carbonyl (C=O) groups is 1. The van der Waals surface area contributed by atoms with Crippen LogP contribution in [0.25, 0.3) is 6.08 Å². The molecule has 0 fully saturated rings. The monoisotopic (exact) mass is 738 g/mol. The van der Waals surface area contributed by atoms with E-state index in [9.17, 15) is 14.0 Å². The molecule has 252 valence electrons. The summed E-state index contributed by atoms with van der Waals surface area (Å²) < 4.78 is 45.1. The molecular formula is C36H36BrFN2O7S. The number of benzene rings is 3. The molecule has 1 atom stereocenters. The lowest BCUT2D eigenvalue weighted by molar-refractivity contribution is -0.139. The molecule has 2 heterocycles. The molecular weight excluding hydrogens is 703 g/mol. The predicted molar refractivity (Wildman–Crippen MR) is 185 cm³/mol. The lowest BCUT2D eigenvalue weighted by Gasteiger charge is -2.25. The molecule has 12 heteroatoms. The second-order valence-electron chi connectivity index (χ2n) is 11.1. The Kier molecular flexibility index (Phi) is 11.1. The zero-order valence-electron chi connectivity index (χ0n) is 27.5. The molecule has 0 saturated heterocycles. The van der Waals surface area contributed by atoms with Gasteiger partial charge in [-0.25, -0.2) is 14.2 Å². The molecule has 4 aromatic rings. The average Bonchev–Trinajstić information content (AvgIpc) is 3.33. The van der Waals surface area contributed by atoms with Gasteiger partial charge in [-0.1, -0.05) is 29.5 Å². The fourth-order valence-corrected chi connectivity index (χ4v) is 6.94. The van der Waals surface area contributed by atoms with Crippen molar-refractivity contribution in [2.24, 2.45) is 4.99 Å². The van der Waals surface area contributed by atoms with Crippen LogP contribution in [0.3, 0.4) is 0 Å². The SMILES string of the molecule is CCOC(=O)C1=C(C)N=c2s/c(=C\c3cc(Br)c(OCc4cccc(F)c4)c(OCC)c3)c(=O)n2[C@@H]1c1ccc(OC(C)C)c(OC)c1. The smallest absolute Gasteiger partial charge is 0.338 e. The molecule has 3 aromatic carbocycles. The second kappa shape index (κ2) is 15.2. The summed E-state index contributed by atoms with van der Waals surface area (Å²) in [5.74, 6) is 1.01. The fraction of sp³-hybridized carbons (Fsp3) is 0.306. The number of allylic oxidation sites excluding steroid dienone is 1. The van der Waals surface area contributed by atoms with Crippen LogP contribution in [0.4, 0.5) is 4.39 Å². The summed E-state index contributed by atoms with van der Waals surface area (Å²) in [7, 11) is 1.54. The number of aromatic nitrogens is 1. The number of carbonyl (C=O) groups excluding carboxylic acids is 1. The van der Waals surface area contributed by atoms with Gasteiger partial charge in [-0.15, -0.1) is 0 Å². The molecule has 0 radical (unpaired) electrons. The van der Waals surface area contributed by atoms with E-state index in [2.05, 4.69) is 20.9 Å². The largest absolute Gasteiger partial charge is 0.493 e. The van der Waals surface area contributed by atoms with E-state index >= 15 is 0 Å². The van der Waals surface area contributed by atoms with Gasteiger partial charge in [0.1, 0.15) is 12.4 Å². The summed E-state index contributed by atoms with van der Waals surface area (Å²) in [6.45, 7) is 9.81. The Morgan fingerprint density at radius 2 is 1.85 bits per heavy atom. The Labute approximate surface area is 290 Å². The zero-order chi connectivity index (χ0) is 34.5. The van der Waals surface area contributed by atoms with Crippen molar-refractivity contribution in [3.63, 3.8) is 0 Å². The molecule has 0 bridgehead atoms. The van der Waals surface area contributed by atoms with Gasteiger partial charge >= 0.3 is 5.97 Å². The molecule has 1 aromatic heterocycles. The highest BCUT2D eigenvalue weighted by Crippen LogP contribution is 2.39. The minimum atomic E-state index is -0.825. The summed E-state index contributed by atoms with van der Waals surface area (Å²) in [5.41, 5.74) is 2.35. The summed E-state index contributed by atoms with van der Waals surface area (Å²) >= 11 is 4.80. The fourth-order valence-electron chi connectivity index (χ4n) is 5.32. The maximum absolute atomic E-state index is 14.2. The van der Waals surface area contributed by atoms with Crippen molar-refractivity contribution in [1.29, 1.82) is 0 Å². The van der Waals surface area contributed by atoms with Crippen molar-refractivity contribution in [2.75, 3.05) is 20.3 Å². The number of hydrogen-bond donors (Lipinski definition) is 0. The van der Waals surface area contributed by atoms with Crippen LogP contribution in [0.15, 0.2) is 80.1 Å². The van der Waals surface area contributed by atoms with Gasteiger partial charge in [0, 0.05) is 0 Å². The van der Waals surface area contributed by atoms with Gasteiger partial charge in [0.2, 0.25) is 0 Å². The average molecular weight is 740 g/mol. The summed E-state index contributed by atoms with van der Waals surface area (Å²) in [4.78, 5) is 32.6.